The molecule has 2 amide bonds. The van der Waals surface area contributed by atoms with Crippen LogP contribution in [0.2, 0.25) is 5.02 Å². The molecule has 8 nitrogen and oxygen atoms in total. The van der Waals surface area contributed by atoms with E-state index >= 15 is 0 Å². The Morgan fingerprint density at radius 1 is 1.06 bits per heavy atom. The van der Waals surface area contributed by atoms with Gasteiger partial charge in [-0.3, -0.25) is 20.4 Å². The van der Waals surface area contributed by atoms with Gasteiger partial charge in [0.05, 0.1) is 11.3 Å². The molecule has 1 heterocycles. The van der Waals surface area contributed by atoms with E-state index in [1.54, 1.807) is 26.1 Å². The SMILES string of the molecule is CC(C)C(NS(=O)(=O)c1cccc(Cl)c1)C(=O)NNC(=O)Cc1c[nH]c2ccccc12. The first-order valence-electron chi connectivity index (χ1n) is 9.59. The Balaban J connectivity index is 1.63. The van der Waals surface area contributed by atoms with Crippen molar-refractivity contribution in [3.05, 3.63) is 65.3 Å². The van der Waals surface area contributed by atoms with Gasteiger partial charge in [0.15, 0.2) is 0 Å². The van der Waals surface area contributed by atoms with E-state index in [-0.39, 0.29) is 22.3 Å². The minimum atomic E-state index is -3.99. The molecule has 0 spiro atoms. The maximum atomic E-state index is 12.6. The minimum absolute atomic E-state index is 0.0465. The molecule has 0 fully saturated rings. The summed E-state index contributed by atoms with van der Waals surface area (Å²) in [6, 6.07) is 12.2. The number of halogens is 1. The number of carbonyl (C=O) groups excluding carboxylic acids is 2. The van der Waals surface area contributed by atoms with Gasteiger partial charge in [-0.25, -0.2) is 8.42 Å². The van der Waals surface area contributed by atoms with Crippen molar-refractivity contribution in [3.63, 3.8) is 0 Å². The van der Waals surface area contributed by atoms with E-state index in [0.717, 1.165) is 16.5 Å². The molecule has 10 heteroatoms. The first-order valence-corrected chi connectivity index (χ1v) is 11.4. The summed E-state index contributed by atoms with van der Waals surface area (Å²) in [5.41, 5.74) is 6.34. The lowest BCUT2D eigenvalue weighted by molar-refractivity contribution is -0.130. The van der Waals surface area contributed by atoms with Gasteiger partial charge >= 0.3 is 0 Å². The van der Waals surface area contributed by atoms with Crippen LogP contribution in [0.25, 0.3) is 10.9 Å². The molecule has 2 aromatic carbocycles. The zero-order valence-corrected chi connectivity index (χ0v) is 18.5. The van der Waals surface area contributed by atoms with E-state index in [1.165, 1.54) is 18.2 Å². The Morgan fingerprint density at radius 3 is 2.52 bits per heavy atom. The number of para-hydroxylation sites is 1. The fourth-order valence-electron chi connectivity index (χ4n) is 3.07. The predicted octanol–water partition coefficient (Wildman–Crippen LogP) is 2.51. The lowest BCUT2D eigenvalue weighted by Gasteiger charge is -2.21. The number of aromatic nitrogens is 1. The van der Waals surface area contributed by atoms with Crippen LogP contribution in [0.5, 0.6) is 0 Å². The van der Waals surface area contributed by atoms with E-state index < -0.39 is 27.9 Å². The van der Waals surface area contributed by atoms with Crippen molar-refractivity contribution < 1.29 is 18.0 Å². The fraction of sp³-hybridized carbons (Fsp3) is 0.238. The quantitative estimate of drug-likeness (QED) is 0.403. The van der Waals surface area contributed by atoms with Crippen LogP contribution in [-0.4, -0.2) is 31.3 Å². The van der Waals surface area contributed by atoms with Gasteiger partial charge in [-0.2, -0.15) is 4.72 Å². The minimum Gasteiger partial charge on any atom is -0.361 e. The normalized spacial score (nSPS) is 12.6. The fourth-order valence-corrected chi connectivity index (χ4v) is 4.71. The highest BCUT2D eigenvalue weighted by Crippen LogP contribution is 2.18. The molecule has 1 unspecified atom stereocenters. The molecule has 0 saturated heterocycles. The number of fused-ring (bicyclic) bond motifs is 1. The van der Waals surface area contributed by atoms with Gasteiger partial charge in [0.25, 0.3) is 5.91 Å². The van der Waals surface area contributed by atoms with Crippen LogP contribution in [0.15, 0.2) is 59.6 Å². The van der Waals surface area contributed by atoms with Crippen molar-refractivity contribution in [3.8, 4) is 0 Å². The molecule has 0 aliphatic rings. The van der Waals surface area contributed by atoms with Crippen molar-refractivity contribution in [2.75, 3.05) is 0 Å². The molecular formula is C21H23ClN4O4S. The van der Waals surface area contributed by atoms with Gasteiger partial charge in [-0.05, 0) is 35.7 Å². The first-order chi connectivity index (χ1) is 14.7. The molecule has 4 N–H and O–H groups in total. The van der Waals surface area contributed by atoms with E-state index in [2.05, 4.69) is 20.6 Å². The highest BCUT2D eigenvalue weighted by atomic mass is 35.5. The molecule has 1 atom stereocenters. The Hall–Kier alpha value is -2.88. The Morgan fingerprint density at radius 2 is 1.81 bits per heavy atom. The maximum absolute atomic E-state index is 12.6. The molecule has 0 radical (unpaired) electrons. The molecule has 1 aromatic heterocycles. The zero-order valence-electron chi connectivity index (χ0n) is 17.0. The molecule has 0 saturated carbocycles. The molecule has 164 valence electrons. The number of aromatic amines is 1. The van der Waals surface area contributed by atoms with Gasteiger partial charge in [-0.15, -0.1) is 0 Å². The van der Waals surface area contributed by atoms with Crippen LogP contribution >= 0.6 is 11.6 Å². The second kappa shape index (κ2) is 9.51. The Labute approximate surface area is 185 Å². The number of nitrogens with one attached hydrogen (secondary N) is 4. The van der Waals surface area contributed by atoms with E-state index in [4.69, 9.17) is 11.6 Å². The van der Waals surface area contributed by atoms with Crippen LogP contribution < -0.4 is 15.6 Å². The summed E-state index contributed by atoms with van der Waals surface area (Å²) in [5.74, 6) is -1.48. The largest absolute Gasteiger partial charge is 0.361 e. The average molecular weight is 463 g/mol. The number of sulfonamides is 1. The van der Waals surface area contributed by atoms with Gasteiger partial charge < -0.3 is 4.98 Å². The van der Waals surface area contributed by atoms with Gasteiger partial charge in [0, 0.05) is 22.1 Å². The summed E-state index contributed by atoms with van der Waals surface area (Å²) < 4.78 is 27.6. The highest BCUT2D eigenvalue weighted by Gasteiger charge is 2.28. The lowest BCUT2D eigenvalue weighted by Crippen LogP contribution is -2.54. The third-order valence-electron chi connectivity index (χ3n) is 4.69. The highest BCUT2D eigenvalue weighted by molar-refractivity contribution is 7.89. The van der Waals surface area contributed by atoms with E-state index in [0.29, 0.717) is 0 Å². The lowest BCUT2D eigenvalue weighted by atomic mass is 10.1. The van der Waals surface area contributed by atoms with Crippen molar-refractivity contribution in [2.24, 2.45) is 5.92 Å². The van der Waals surface area contributed by atoms with E-state index in [9.17, 15) is 18.0 Å². The summed E-state index contributed by atoms with van der Waals surface area (Å²) in [5, 5.41) is 1.18. The predicted molar refractivity (Wildman–Crippen MR) is 119 cm³/mol. The standard InChI is InChI=1S/C21H23ClN4O4S/c1-13(2)20(26-31(29,30)16-7-5-6-15(22)11-16)21(28)25-24-19(27)10-14-12-23-18-9-4-3-8-17(14)18/h3-9,11-13,20,23,26H,10H2,1-2H3,(H,24,27)(H,25,28). The van der Waals surface area contributed by atoms with E-state index in [1.807, 2.05) is 24.3 Å². The average Bonchev–Trinajstić information content (AvgIpc) is 3.13. The van der Waals surface area contributed by atoms with Crippen LogP contribution in [0, 0.1) is 5.92 Å². The summed E-state index contributed by atoms with van der Waals surface area (Å²) in [6.07, 6.45) is 1.78. The number of benzene rings is 2. The summed E-state index contributed by atoms with van der Waals surface area (Å²) in [7, 11) is -3.99. The Bertz CT molecular complexity index is 1210. The Kier molecular flexibility index (Phi) is 6.99. The van der Waals surface area contributed by atoms with Crippen LogP contribution in [0.1, 0.15) is 19.4 Å². The number of H-pyrrole nitrogens is 1. The molecule has 0 aliphatic carbocycles. The number of hydrogen-bond acceptors (Lipinski definition) is 4. The summed E-state index contributed by atoms with van der Waals surface area (Å²) in [4.78, 5) is 27.9. The van der Waals surface area contributed by atoms with Crippen LogP contribution in [0.4, 0.5) is 0 Å². The monoisotopic (exact) mass is 462 g/mol. The molecule has 3 aromatic rings. The molecular weight excluding hydrogens is 440 g/mol. The zero-order chi connectivity index (χ0) is 22.6. The smallest absolute Gasteiger partial charge is 0.256 e. The second-order valence-corrected chi connectivity index (χ2v) is 9.52. The molecule has 0 bridgehead atoms. The summed E-state index contributed by atoms with van der Waals surface area (Å²) in [6.45, 7) is 3.39. The number of hydrogen-bond donors (Lipinski definition) is 4. The maximum Gasteiger partial charge on any atom is 0.256 e. The third-order valence-corrected chi connectivity index (χ3v) is 6.36. The van der Waals surface area contributed by atoms with Crippen molar-refractivity contribution in [2.45, 2.75) is 31.2 Å². The van der Waals surface area contributed by atoms with Crippen molar-refractivity contribution in [1.29, 1.82) is 0 Å². The number of hydrazine groups is 1. The molecule has 3 rings (SSSR count). The number of amides is 2. The molecule has 0 aliphatic heterocycles. The first kappa shape index (κ1) is 22.8. The van der Waals surface area contributed by atoms with Crippen molar-refractivity contribution >= 4 is 44.3 Å². The third kappa shape index (κ3) is 5.63. The van der Waals surface area contributed by atoms with Gasteiger partial charge in [0.2, 0.25) is 15.9 Å². The van der Waals surface area contributed by atoms with Crippen LogP contribution in [-0.2, 0) is 26.0 Å². The molecule has 31 heavy (non-hydrogen) atoms. The van der Waals surface area contributed by atoms with Gasteiger partial charge in [0.1, 0.15) is 6.04 Å². The van der Waals surface area contributed by atoms with Gasteiger partial charge in [-0.1, -0.05) is 49.7 Å². The van der Waals surface area contributed by atoms with Crippen molar-refractivity contribution in [1.82, 2.24) is 20.6 Å². The topological polar surface area (TPSA) is 120 Å². The number of carbonyl (C=O) groups is 2. The van der Waals surface area contributed by atoms with Crippen LogP contribution in [0.3, 0.4) is 0 Å². The summed E-state index contributed by atoms with van der Waals surface area (Å²) >= 11 is 5.87. The number of rotatable bonds is 7. The second-order valence-electron chi connectivity index (χ2n) is 7.37.